The maximum atomic E-state index is 8.96. The third kappa shape index (κ3) is 2.43. The Morgan fingerprint density at radius 2 is 1.81 bits per heavy atom. The lowest BCUT2D eigenvalue weighted by Gasteiger charge is -2.68. The molecule has 5 rings (SSSR count). The lowest BCUT2D eigenvalue weighted by Crippen LogP contribution is -2.60. The molecular weight excluding hydrogens is 318 g/mol. The first kappa shape index (κ1) is 17.9. The molecule has 140 valence electrons. The van der Waals surface area contributed by atoms with Crippen molar-refractivity contribution in [2.75, 3.05) is 0 Å². The van der Waals surface area contributed by atoms with Crippen molar-refractivity contribution in [3.05, 3.63) is 28.8 Å². The highest BCUT2D eigenvalue weighted by molar-refractivity contribution is 5.47. The van der Waals surface area contributed by atoms with Gasteiger partial charge in [0.05, 0.1) is 0 Å². The smallest absolute Gasteiger partial charge is 0.292 e. The van der Waals surface area contributed by atoms with E-state index in [4.69, 9.17) is 10.00 Å². The largest absolute Gasteiger partial charge is 0.387 e. The lowest BCUT2D eigenvalue weighted by atomic mass is 9.36. The molecule has 4 aliphatic rings. The highest BCUT2D eigenvalue weighted by Crippen LogP contribution is 2.72. The topological polar surface area (TPSA) is 33.0 Å². The quantitative estimate of drug-likeness (QED) is 0.585. The Labute approximate surface area is 158 Å². The van der Waals surface area contributed by atoms with Crippen LogP contribution in [0.15, 0.2) is 12.1 Å². The van der Waals surface area contributed by atoms with E-state index in [1.807, 2.05) is 6.26 Å². The van der Waals surface area contributed by atoms with Gasteiger partial charge in [0, 0.05) is 0 Å². The summed E-state index contributed by atoms with van der Waals surface area (Å²) in [6, 6.07) is 4.68. The van der Waals surface area contributed by atoms with Crippen LogP contribution >= 0.6 is 0 Å². The van der Waals surface area contributed by atoms with E-state index < -0.39 is 0 Å². The van der Waals surface area contributed by atoms with Gasteiger partial charge < -0.3 is 4.74 Å². The van der Waals surface area contributed by atoms with Gasteiger partial charge in [-0.3, -0.25) is 0 Å². The zero-order chi connectivity index (χ0) is 18.7. The minimum atomic E-state index is 0.334. The number of rotatable bonds is 4. The second-order valence-corrected chi connectivity index (χ2v) is 10.3. The van der Waals surface area contributed by atoms with Gasteiger partial charge in [-0.1, -0.05) is 39.3 Å². The van der Waals surface area contributed by atoms with E-state index in [0.717, 1.165) is 28.7 Å². The first-order valence-corrected chi connectivity index (χ1v) is 10.4. The number of ether oxygens (including phenoxy) is 1. The molecule has 0 amide bonds. The average Bonchev–Trinajstić information content (AvgIpc) is 2.57. The van der Waals surface area contributed by atoms with Crippen molar-refractivity contribution in [1.29, 1.82) is 5.26 Å². The van der Waals surface area contributed by atoms with E-state index in [-0.39, 0.29) is 0 Å². The van der Waals surface area contributed by atoms with Crippen molar-refractivity contribution in [2.45, 2.75) is 85.0 Å². The Morgan fingerprint density at radius 1 is 1.12 bits per heavy atom. The van der Waals surface area contributed by atoms with Crippen LogP contribution in [-0.2, 0) is 5.41 Å². The molecule has 0 radical (unpaired) electrons. The van der Waals surface area contributed by atoms with Crippen molar-refractivity contribution < 1.29 is 4.74 Å². The van der Waals surface area contributed by atoms with E-state index in [9.17, 15) is 0 Å². The number of benzene rings is 1. The van der Waals surface area contributed by atoms with Gasteiger partial charge in [-0.05, 0) is 97.1 Å². The highest BCUT2D eigenvalue weighted by Gasteiger charge is 2.63. The number of nitrogens with zero attached hydrogens (tertiary/aromatic N) is 1. The maximum absolute atomic E-state index is 8.96. The molecule has 0 spiro atoms. The zero-order valence-corrected chi connectivity index (χ0v) is 17.1. The van der Waals surface area contributed by atoms with Crippen LogP contribution in [0, 0.1) is 48.0 Å². The molecule has 1 aromatic carbocycles. The SMILES string of the molecule is CCC12CC3CC(c4cc(C)c(OC#N)c(C)c4)(C1)CC(C(C)C)(C3)C2. The predicted octanol–water partition coefficient (Wildman–Crippen LogP) is 6.44. The Morgan fingerprint density at radius 3 is 2.38 bits per heavy atom. The van der Waals surface area contributed by atoms with Crippen LogP contribution in [0.3, 0.4) is 0 Å². The maximum Gasteiger partial charge on any atom is 0.292 e. The van der Waals surface area contributed by atoms with Crippen LogP contribution in [0.5, 0.6) is 5.75 Å². The Kier molecular flexibility index (Phi) is 3.96. The summed E-state index contributed by atoms with van der Waals surface area (Å²) < 4.78 is 5.25. The van der Waals surface area contributed by atoms with E-state index in [1.54, 1.807) is 0 Å². The molecule has 1 aromatic rings. The highest BCUT2D eigenvalue weighted by atomic mass is 16.5. The molecule has 4 fully saturated rings. The fourth-order valence-electron chi connectivity index (χ4n) is 7.54. The summed E-state index contributed by atoms with van der Waals surface area (Å²) in [5.74, 6) is 2.41. The van der Waals surface area contributed by atoms with Crippen LogP contribution in [0.25, 0.3) is 0 Å². The molecule has 4 bridgehead atoms. The van der Waals surface area contributed by atoms with Crippen LogP contribution in [-0.4, -0.2) is 0 Å². The van der Waals surface area contributed by atoms with Gasteiger partial charge in [-0.2, -0.15) is 0 Å². The van der Waals surface area contributed by atoms with Crippen LogP contribution in [0.4, 0.5) is 0 Å². The lowest BCUT2D eigenvalue weighted by molar-refractivity contribution is -0.147. The number of aryl methyl sites for hydroxylation is 2. The number of hydrogen-bond acceptors (Lipinski definition) is 2. The molecule has 0 heterocycles. The van der Waals surface area contributed by atoms with Gasteiger partial charge in [-0.15, -0.1) is 5.26 Å². The molecule has 0 aliphatic heterocycles. The minimum Gasteiger partial charge on any atom is -0.387 e. The summed E-state index contributed by atoms with van der Waals surface area (Å²) in [4.78, 5) is 0. The molecule has 4 aliphatic carbocycles. The van der Waals surface area contributed by atoms with Gasteiger partial charge in [0.15, 0.2) is 0 Å². The van der Waals surface area contributed by atoms with E-state index >= 15 is 0 Å². The summed E-state index contributed by atoms with van der Waals surface area (Å²) in [7, 11) is 0. The Hall–Kier alpha value is -1.49. The third-order valence-corrected chi connectivity index (χ3v) is 8.42. The first-order valence-electron chi connectivity index (χ1n) is 10.4. The Balaban J connectivity index is 1.83. The predicted molar refractivity (Wildman–Crippen MR) is 105 cm³/mol. The molecule has 0 aromatic heterocycles. The number of nitriles is 1. The summed E-state index contributed by atoms with van der Waals surface area (Å²) in [5, 5.41) is 8.96. The molecule has 0 saturated heterocycles. The van der Waals surface area contributed by atoms with Crippen LogP contribution in [0.1, 0.15) is 82.4 Å². The van der Waals surface area contributed by atoms with Crippen molar-refractivity contribution in [2.24, 2.45) is 22.7 Å². The van der Waals surface area contributed by atoms with E-state index in [2.05, 4.69) is 46.8 Å². The van der Waals surface area contributed by atoms with Gasteiger partial charge in [0.2, 0.25) is 0 Å². The molecule has 0 N–H and O–H groups in total. The van der Waals surface area contributed by atoms with E-state index in [0.29, 0.717) is 16.2 Å². The fourth-order valence-corrected chi connectivity index (χ4v) is 7.54. The fraction of sp³-hybridized carbons (Fsp3) is 0.708. The van der Waals surface area contributed by atoms with Gasteiger partial charge in [-0.25, -0.2) is 0 Å². The first-order chi connectivity index (χ1) is 12.3. The van der Waals surface area contributed by atoms with E-state index in [1.165, 1.54) is 50.5 Å². The third-order valence-electron chi connectivity index (χ3n) is 8.42. The monoisotopic (exact) mass is 351 g/mol. The Bertz CT molecular complexity index is 752. The van der Waals surface area contributed by atoms with Crippen molar-refractivity contribution in [1.82, 2.24) is 0 Å². The summed E-state index contributed by atoms with van der Waals surface area (Å²) in [6.07, 6.45) is 11.6. The van der Waals surface area contributed by atoms with Crippen molar-refractivity contribution in [3.8, 4) is 12.0 Å². The van der Waals surface area contributed by atoms with Gasteiger partial charge in [0.25, 0.3) is 6.26 Å². The van der Waals surface area contributed by atoms with Gasteiger partial charge >= 0.3 is 0 Å². The second-order valence-electron chi connectivity index (χ2n) is 10.3. The molecule has 4 saturated carbocycles. The molecule has 4 atom stereocenters. The van der Waals surface area contributed by atoms with Crippen molar-refractivity contribution in [3.63, 3.8) is 0 Å². The van der Waals surface area contributed by atoms with Crippen LogP contribution in [0.2, 0.25) is 0 Å². The summed E-state index contributed by atoms with van der Waals surface area (Å²) in [6.45, 7) is 11.5. The van der Waals surface area contributed by atoms with Gasteiger partial charge in [0.1, 0.15) is 5.75 Å². The minimum absolute atomic E-state index is 0.334. The molecule has 2 heteroatoms. The summed E-state index contributed by atoms with van der Waals surface area (Å²) in [5.41, 5.74) is 5.15. The van der Waals surface area contributed by atoms with Crippen LogP contribution < -0.4 is 4.74 Å². The number of hydrogen-bond donors (Lipinski definition) is 0. The zero-order valence-electron chi connectivity index (χ0n) is 17.1. The molecule has 4 unspecified atom stereocenters. The van der Waals surface area contributed by atoms with Crippen molar-refractivity contribution >= 4 is 0 Å². The summed E-state index contributed by atoms with van der Waals surface area (Å²) >= 11 is 0. The standard InChI is InChI=1S/C24H33NO/c1-6-22-9-19-10-23(12-22,16(2)3)14-24(11-19,13-22)20-7-17(4)21(26-15-25)18(5)8-20/h7-8,16,19H,6,9-14H2,1-5H3. The second kappa shape index (κ2) is 5.75. The molecular formula is C24H33NO. The average molecular weight is 352 g/mol. The molecule has 26 heavy (non-hydrogen) atoms. The normalized spacial score (nSPS) is 37.8. The molecule has 2 nitrogen and oxygen atoms in total.